The minimum atomic E-state index is -0.826. The number of halogens is 2. The van der Waals surface area contributed by atoms with E-state index in [1.807, 2.05) is 6.07 Å². The van der Waals surface area contributed by atoms with Crippen molar-refractivity contribution in [1.82, 2.24) is 0 Å². The third kappa shape index (κ3) is 8.14. The van der Waals surface area contributed by atoms with Gasteiger partial charge in [0.1, 0.15) is 0 Å². The van der Waals surface area contributed by atoms with E-state index in [-0.39, 0.29) is 0 Å². The fraction of sp³-hybridized carbons (Fsp3) is 0.162. The molecule has 0 saturated heterocycles. The summed E-state index contributed by atoms with van der Waals surface area (Å²) in [6, 6.07) is 44.8. The molecule has 0 bridgehead atoms. The maximum Gasteiger partial charge on any atom is -0.0253 e. The van der Waals surface area contributed by atoms with Crippen molar-refractivity contribution in [3.8, 4) is 22.3 Å². The quantitative estimate of drug-likeness (QED) is 0.130. The third-order valence-corrected chi connectivity index (χ3v) is 7.03. The van der Waals surface area contributed by atoms with E-state index in [1.165, 1.54) is 66.9 Å². The number of hydrogen-bond acceptors (Lipinski definition) is 0. The largest absolute Gasteiger partial charge is 0.179 e. The molecule has 0 unspecified atom stereocenters. The van der Waals surface area contributed by atoms with E-state index < -0.39 is 20.8 Å². The Morgan fingerprint density at radius 2 is 1.46 bits per heavy atom. The topological polar surface area (TPSA) is 0 Å². The molecule has 0 spiro atoms. The van der Waals surface area contributed by atoms with Crippen molar-refractivity contribution in [3.05, 3.63) is 138 Å². The molecular weight excluding hydrogens is 635 g/mol. The van der Waals surface area contributed by atoms with E-state index in [2.05, 4.69) is 135 Å². The third-order valence-electron chi connectivity index (χ3n) is 7.03. The predicted octanol–water partition coefficient (Wildman–Crippen LogP) is 11.6. The Morgan fingerprint density at radius 1 is 0.780 bits per heavy atom. The number of fused-ring (bicyclic) bond motifs is 5. The Balaban J connectivity index is 0.000000172. The minimum Gasteiger partial charge on any atom is -0.179 e. The van der Waals surface area contributed by atoms with Crippen molar-refractivity contribution >= 4 is 48.1 Å². The fourth-order valence-electron chi connectivity index (χ4n) is 5.34. The second-order valence-corrected chi connectivity index (χ2v) is 14.7. The number of aryl methyl sites for hydroxylation is 1. The maximum atomic E-state index is 4.93. The molecule has 2 radical (unpaired) electrons. The number of rotatable bonds is 3. The van der Waals surface area contributed by atoms with Gasteiger partial charge in [0, 0.05) is 9.52 Å². The van der Waals surface area contributed by atoms with Crippen LogP contribution in [0.15, 0.2) is 115 Å². The minimum absolute atomic E-state index is 0.826. The van der Waals surface area contributed by atoms with Crippen molar-refractivity contribution in [2.45, 2.75) is 39.3 Å². The summed E-state index contributed by atoms with van der Waals surface area (Å²) in [5.74, 6) is 0. The molecule has 4 heteroatoms. The second-order valence-electron chi connectivity index (χ2n) is 9.95. The SMILES string of the molecule is CCCc1cc2c(-c3ccc4ccccc4c3)cccc2[cH-]1.C[Si]C.[Cl][Zr+2][Cl].[c-]1cccc2c1Cc1ccccc1-2. The molecule has 1 aliphatic rings. The number of benzene rings is 5. The first-order valence-corrected chi connectivity index (χ1v) is 22.3. The van der Waals surface area contributed by atoms with Gasteiger partial charge in [0.15, 0.2) is 0 Å². The zero-order valence-electron chi connectivity index (χ0n) is 23.8. The molecule has 0 N–H and O–H groups in total. The summed E-state index contributed by atoms with van der Waals surface area (Å²) >= 11 is -0.826. The van der Waals surface area contributed by atoms with Crippen molar-refractivity contribution in [2.75, 3.05) is 0 Å². The molecule has 0 nitrogen and oxygen atoms in total. The van der Waals surface area contributed by atoms with Gasteiger partial charge >= 0.3 is 37.9 Å². The molecule has 7 rings (SSSR count). The van der Waals surface area contributed by atoms with Gasteiger partial charge in [-0.3, -0.25) is 0 Å². The van der Waals surface area contributed by atoms with Crippen LogP contribution in [0.2, 0.25) is 13.1 Å². The summed E-state index contributed by atoms with van der Waals surface area (Å²) in [7, 11) is 11.0. The van der Waals surface area contributed by atoms with Crippen LogP contribution < -0.4 is 0 Å². The van der Waals surface area contributed by atoms with Crippen LogP contribution in [0.3, 0.4) is 0 Å². The van der Waals surface area contributed by atoms with E-state index in [0.717, 1.165) is 22.4 Å². The molecule has 0 fully saturated rings. The summed E-state index contributed by atoms with van der Waals surface area (Å²) in [6.45, 7) is 6.54. The summed E-state index contributed by atoms with van der Waals surface area (Å²) in [5.41, 5.74) is 9.60. The van der Waals surface area contributed by atoms with Crippen molar-refractivity contribution in [3.63, 3.8) is 0 Å². The van der Waals surface area contributed by atoms with Gasteiger partial charge < -0.3 is 0 Å². The Morgan fingerprint density at radius 3 is 2.24 bits per heavy atom. The standard InChI is InChI=1S/C22H19.C13H9.C2H6Si.2ClH.Zr/c1-2-6-16-13-19-9-5-10-21(22(19)14-16)20-12-11-17-7-3-4-8-18(17)15-20;1-3-7-12-10(5-1)9-11-6-2-4-8-13(11)12;1-3-2;;;/h3-5,7-15H,2,6H2,1H3;1-5,7-8H,9H2;1-2H3;2*1H;/q2*-1;;;;+4/p-2. The molecule has 204 valence electrons. The Kier molecular flexibility index (Phi) is 12.6. The number of hydrogen-bond donors (Lipinski definition) is 0. The van der Waals surface area contributed by atoms with Gasteiger partial charge in [0.05, 0.1) is 0 Å². The van der Waals surface area contributed by atoms with Crippen LogP contribution in [0, 0.1) is 6.07 Å². The summed E-state index contributed by atoms with van der Waals surface area (Å²) in [4.78, 5) is 0. The van der Waals surface area contributed by atoms with E-state index >= 15 is 0 Å². The summed E-state index contributed by atoms with van der Waals surface area (Å²) < 4.78 is 0. The van der Waals surface area contributed by atoms with Crippen molar-refractivity contribution in [2.24, 2.45) is 0 Å². The zero-order valence-corrected chi connectivity index (χ0v) is 28.8. The molecule has 0 saturated carbocycles. The molecule has 0 aliphatic heterocycles. The van der Waals surface area contributed by atoms with Crippen LogP contribution in [0.5, 0.6) is 0 Å². The summed E-state index contributed by atoms with van der Waals surface area (Å²) in [6.07, 6.45) is 3.40. The normalized spacial score (nSPS) is 10.7. The van der Waals surface area contributed by atoms with Gasteiger partial charge in [-0.15, -0.1) is 40.1 Å². The van der Waals surface area contributed by atoms with E-state index in [4.69, 9.17) is 17.0 Å². The van der Waals surface area contributed by atoms with Crippen LogP contribution in [0.25, 0.3) is 43.8 Å². The maximum absolute atomic E-state index is 4.93. The van der Waals surface area contributed by atoms with Crippen molar-refractivity contribution < 1.29 is 20.8 Å². The molecule has 0 atom stereocenters. The van der Waals surface area contributed by atoms with Gasteiger partial charge in [-0.1, -0.05) is 110 Å². The molecule has 6 aromatic carbocycles. The van der Waals surface area contributed by atoms with Gasteiger partial charge in [0.25, 0.3) is 0 Å². The summed E-state index contributed by atoms with van der Waals surface area (Å²) in [5, 5.41) is 5.33. The Labute approximate surface area is 266 Å². The van der Waals surface area contributed by atoms with Crippen LogP contribution in [0.4, 0.5) is 0 Å². The first-order valence-electron chi connectivity index (χ1n) is 13.9. The van der Waals surface area contributed by atoms with Gasteiger partial charge in [-0.05, 0) is 35.2 Å². The van der Waals surface area contributed by atoms with Crippen molar-refractivity contribution in [1.29, 1.82) is 0 Å². The monoisotopic (exact) mass is 666 g/mol. The molecule has 0 aromatic heterocycles. The molecular formula is C37H34Cl2SiZr. The van der Waals surface area contributed by atoms with E-state index in [0.29, 0.717) is 0 Å². The average molecular weight is 669 g/mol. The fourth-order valence-corrected chi connectivity index (χ4v) is 5.34. The zero-order chi connectivity index (χ0) is 29.0. The van der Waals surface area contributed by atoms with Crippen LogP contribution in [-0.2, 0) is 33.7 Å². The first-order chi connectivity index (χ1) is 20.1. The molecule has 1 aliphatic carbocycles. The Bertz CT molecular complexity index is 1640. The van der Waals surface area contributed by atoms with Gasteiger partial charge in [0.2, 0.25) is 0 Å². The average Bonchev–Trinajstić information content (AvgIpc) is 3.59. The van der Waals surface area contributed by atoms with E-state index in [1.54, 1.807) is 0 Å². The predicted molar refractivity (Wildman–Crippen MR) is 179 cm³/mol. The molecule has 0 heterocycles. The smallest absolute Gasteiger partial charge is 0.0253 e. The molecule has 41 heavy (non-hydrogen) atoms. The first kappa shape index (κ1) is 31.6. The van der Waals surface area contributed by atoms with Crippen LogP contribution in [0.1, 0.15) is 30.0 Å². The van der Waals surface area contributed by atoms with Gasteiger partial charge in [-0.25, -0.2) is 0 Å². The second kappa shape index (κ2) is 16.3. The molecule has 6 aromatic rings. The van der Waals surface area contributed by atoms with Crippen LogP contribution in [-0.4, -0.2) is 9.52 Å². The van der Waals surface area contributed by atoms with E-state index in [9.17, 15) is 0 Å². The van der Waals surface area contributed by atoms with Gasteiger partial charge in [-0.2, -0.15) is 35.9 Å². The van der Waals surface area contributed by atoms with Crippen LogP contribution >= 0.6 is 17.0 Å². The molecule has 0 amide bonds. The Hall–Kier alpha value is -2.35.